The number of aryl methyl sites for hydroxylation is 1. The maximum atomic E-state index is 11.5. The molecule has 0 radical (unpaired) electrons. The summed E-state index contributed by atoms with van der Waals surface area (Å²) in [5.41, 5.74) is 2.02. The van der Waals surface area contributed by atoms with Gasteiger partial charge in [-0.05, 0) is 30.7 Å². The van der Waals surface area contributed by atoms with Gasteiger partial charge in [-0.15, -0.1) is 10.2 Å². The zero-order valence-corrected chi connectivity index (χ0v) is 10.5. The van der Waals surface area contributed by atoms with Gasteiger partial charge in [-0.2, -0.15) is 0 Å². The Kier molecular flexibility index (Phi) is 2.56. The van der Waals surface area contributed by atoms with E-state index in [4.69, 9.17) is 9.15 Å². The van der Waals surface area contributed by atoms with Gasteiger partial charge < -0.3 is 9.15 Å². The van der Waals surface area contributed by atoms with Gasteiger partial charge in [0, 0.05) is 6.20 Å². The Balaban J connectivity index is 2.21. The molecule has 3 heterocycles. The highest BCUT2D eigenvalue weighted by molar-refractivity contribution is 5.89. The molecule has 0 aliphatic rings. The molecule has 0 spiro atoms. The van der Waals surface area contributed by atoms with Crippen LogP contribution in [0.5, 0.6) is 0 Å². The Morgan fingerprint density at radius 1 is 1.32 bits per heavy atom. The molecule has 3 rings (SSSR count). The van der Waals surface area contributed by atoms with Crippen molar-refractivity contribution in [2.24, 2.45) is 0 Å². The molecule has 0 amide bonds. The molecule has 0 atom stereocenters. The molecule has 3 aromatic heterocycles. The number of carbonyl (C=O) groups is 1. The first-order valence-electron chi connectivity index (χ1n) is 5.68. The summed E-state index contributed by atoms with van der Waals surface area (Å²) in [6.45, 7) is 1.92. The Morgan fingerprint density at radius 2 is 2.16 bits per heavy atom. The Labute approximate surface area is 108 Å². The standard InChI is InChI=1S/C13H11N3O3/c1-8-5-6-19-11(8)12-15-14-10-4-3-9(7-16(10)12)13(17)18-2/h3-7H,1-2H3. The third-order valence-corrected chi connectivity index (χ3v) is 2.89. The second kappa shape index (κ2) is 4.24. The van der Waals surface area contributed by atoms with Crippen molar-refractivity contribution in [1.82, 2.24) is 14.6 Å². The van der Waals surface area contributed by atoms with Gasteiger partial charge in [-0.25, -0.2) is 4.79 Å². The van der Waals surface area contributed by atoms with E-state index in [1.165, 1.54) is 7.11 Å². The van der Waals surface area contributed by atoms with Crippen molar-refractivity contribution in [3.05, 3.63) is 41.8 Å². The van der Waals surface area contributed by atoms with Crippen LogP contribution in [-0.4, -0.2) is 27.7 Å². The average molecular weight is 257 g/mol. The van der Waals surface area contributed by atoms with Crippen LogP contribution in [-0.2, 0) is 4.74 Å². The number of pyridine rings is 1. The summed E-state index contributed by atoms with van der Waals surface area (Å²) in [5, 5.41) is 8.13. The maximum Gasteiger partial charge on any atom is 0.339 e. The molecule has 0 aliphatic heterocycles. The highest BCUT2D eigenvalue weighted by Gasteiger charge is 2.15. The molecule has 0 saturated carbocycles. The summed E-state index contributed by atoms with van der Waals surface area (Å²) >= 11 is 0. The predicted octanol–water partition coefficient (Wildman–Crippen LogP) is 2.08. The van der Waals surface area contributed by atoms with E-state index >= 15 is 0 Å². The minimum atomic E-state index is -0.405. The molecular weight excluding hydrogens is 246 g/mol. The molecular formula is C13H11N3O3. The van der Waals surface area contributed by atoms with Gasteiger partial charge in [-0.1, -0.05) is 0 Å². The zero-order chi connectivity index (χ0) is 13.4. The Bertz CT molecular complexity index is 757. The van der Waals surface area contributed by atoms with Gasteiger partial charge in [0.1, 0.15) is 0 Å². The van der Waals surface area contributed by atoms with Crippen LogP contribution < -0.4 is 0 Å². The highest BCUT2D eigenvalue weighted by atomic mass is 16.5. The Hall–Kier alpha value is -2.63. The summed E-state index contributed by atoms with van der Waals surface area (Å²) < 4.78 is 11.8. The lowest BCUT2D eigenvalue weighted by Crippen LogP contribution is -2.03. The number of hydrogen-bond donors (Lipinski definition) is 0. The lowest BCUT2D eigenvalue weighted by molar-refractivity contribution is 0.0600. The second-order valence-corrected chi connectivity index (χ2v) is 4.09. The lowest BCUT2D eigenvalue weighted by Gasteiger charge is -2.01. The van der Waals surface area contributed by atoms with E-state index in [-0.39, 0.29) is 0 Å². The van der Waals surface area contributed by atoms with Crippen LogP contribution in [0.1, 0.15) is 15.9 Å². The predicted molar refractivity (Wildman–Crippen MR) is 66.8 cm³/mol. The Morgan fingerprint density at radius 3 is 2.84 bits per heavy atom. The van der Waals surface area contributed by atoms with E-state index in [1.807, 2.05) is 13.0 Å². The SMILES string of the molecule is COC(=O)c1ccc2nnc(-c3occc3C)n2c1. The fourth-order valence-electron chi connectivity index (χ4n) is 1.89. The highest BCUT2D eigenvalue weighted by Crippen LogP contribution is 2.23. The third-order valence-electron chi connectivity index (χ3n) is 2.89. The van der Waals surface area contributed by atoms with Crippen molar-refractivity contribution < 1.29 is 13.9 Å². The number of methoxy groups -OCH3 is 1. The molecule has 3 aromatic rings. The topological polar surface area (TPSA) is 69.6 Å². The summed E-state index contributed by atoms with van der Waals surface area (Å²) in [7, 11) is 1.34. The van der Waals surface area contributed by atoms with E-state index in [1.54, 1.807) is 29.0 Å². The normalized spacial score (nSPS) is 10.8. The van der Waals surface area contributed by atoms with Gasteiger partial charge in [0.2, 0.25) is 5.82 Å². The van der Waals surface area contributed by atoms with Crippen LogP contribution in [0, 0.1) is 6.92 Å². The zero-order valence-electron chi connectivity index (χ0n) is 10.5. The molecule has 0 aromatic carbocycles. The lowest BCUT2D eigenvalue weighted by atomic mass is 10.2. The summed E-state index contributed by atoms with van der Waals surface area (Å²) in [5.74, 6) is 0.787. The first-order valence-corrected chi connectivity index (χ1v) is 5.68. The maximum absolute atomic E-state index is 11.5. The van der Waals surface area contributed by atoms with Crippen molar-refractivity contribution in [3.8, 4) is 11.6 Å². The number of rotatable bonds is 2. The van der Waals surface area contributed by atoms with Crippen LogP contribution in [0.3, 0.4) is 0 Å². The van der Waals surface area contributed by atoms with Crippen molar-refractivity contribution >= 4 is 11.6 Å². The van der Waals surface area contributed by atoms with Crippen molar-refractivity contribution in [1.29, 1.82) is 0 Å². The van der Waals surface area contributed by atoms with Gasteiger partial charge in [0.15, 0.2) is 11.4 Å². The van der Waals surface area contributed by atoms with E-state index in [0.717, 1.165) is 5.56 Å². The minimum absolute atomic E-state index is 0.405. The van der Waals surface area contributed by atoms with Gasteiger partial charge in [0.05, 0.1) is 18.9 Å². The van der Waals surface area contributed by atoms with Gasteiger partial charge in [-0.3, -0.25) is 4.40 Å². The largest absolute Gasteiger partial charge is 0.465 e. The number of aromatic nitrogens is 3. The van der Waals surface area contributed by atoms with Crippen LogP contribution in [0.2, 0.25) is 0 Å². The molecule has 0 N–H and O–H groups in total. The van der Waals surface area contributed by atoms with E-state index in [2.05, 4.69) is 10.2 Å². The van der Waals surface area contributed by atoms with Crippen LogP contribution in [0.15, 0.2) is 35.1 Å². The van der Waals surface area contributed by atoms with Crippen molar-refractivity contribution in [2.45, 2.75) is 6.92 Å². The number of fused-ring (bicyclic) bond motifs is 1. The number of ether oxygens (including phenoxy) is 1. The molecule has 96 valence electrons. The monoisotopic (exact) mass is 257 g/mol. The molecule has 6 heteroatoms. The van der Waals surface area contributed by atoms with Crippen molar-refractivity contribution in [3.63, 3.8) is 0 Å². The molecule has 0 fully saturated rings. The fourth-order valence-corrected chi connectivity index (χ4v) is 1.89. The molecule has 19 heavy (non-hydrogen) atoms. The summed E-state index contributed by atoms with van der Waals surface area (Å²) in [6.07, 6.45) is 3.23. The molecule has 0 bridgehead atoms. The van der Waals surface area contributed by atoms with Crippen LogP contribution in [0.4, 0.5) is 0 Å². The molecule has 0 aliphatic carbocycles. The van der Waals surface area contributed by atoms with Crippen LogP contribution in [0.25, 0.3) is 17.2 Å². The second-order valence-electron chi connectivity index (χ2n) is 4.09. The number of nitrogens with zero attached hydrogens (tertiary/aromatic N) is 3. The smallest absolute Gasteiger partial charge is 0.339 e. The fraction of sp³-hybridized carbons (Fsp3) is 0.154. The number of hydrogen-bond acceptors (Lipinski definition) is 5. The van der Waals surface area contributed by atoms with Crippen molar-refractivity contribution in [2.75, 3.05) is 7.11 Å². The minimum Gasteiger partial charge on any atom is -0.465 e. The van der Waals surface area contributed by atoms with Crippen LogP contribution >= 0.6 is 0 Å². The molecule has 6 nitrogen and oxygen atoms in total. The quantitative estimate of drug-likeness (QED) is 0.657. The van der Waals surface area contributed by atoms with Gasteiger partial charge in [0.25, 0.3) is 0 Å². The number of carbonyl (C=O) groups excluding carboxylic acids is 1. The van der Waals surface area contributed by atoms with E-state index in [9.17, 15) is 4.79 Å². The van der Waals surface area contributed by atoms with Gasteiger partial charge >= 0.3 is 5.97 Å². The molecule has 0 saturated heterocycles. The molecule has 0 unspecified atom stereocenters. The van der Waals surface area contributed by atoms with E-state index < -0.39 is 5.97 Å². The average Bonchev–Trinajstić information content (AvgIpc) is 3.02. The third kappa shape index (κ3) is 1.77. The van der Waals surface area contributed by atoms with E-state index in [0.29, 0.717) is 22.8 Å². The number of esters is 1. The first-order chi connectivity index (χ1) is 9.20. The first kappa shape index (κ1) is 11.5. The summed E-state index contributed by atoms with van der Waals surface area (Å²) in [6, 6.07) is 5.20. The summed E-state index contributed by atoms with van der Waals surface area (Å²) in [4.78, 5) is 11.5. The number of furan rings is 1.